The highest BCUT2D eigenvalue weighted by molar-refractivity contribution is 5.74. The quantitative estimate of drug-likeness (QED) is 0.771. The van der Waals surface area contributed by atoms with Crippen molar-refractivity contribution in [1.82, 2.24) is 10.6 Å². The van der Waals surface area contributed by atoms with Crippen LogP contribution in [0.5, 0.6) is 0 Å². The number of carbonyl (C=O) groups excluding carboxylic acids is 1. The molecule has 1 aliphatic rings. The normalized spacial score (nSPS) is 21.0. The van der Waals surface area contributed by atoms with Gasteiger partial charge in [0, 0.05) is 13.7 Å². The highest BCUT2D eigenvalue weighted by Gasteiger charge is 2.36. The number of aliphatic hydroxyl groups is 1. The SMILES string of the molecule is COC(C)(C)CNC(=O)NC[C@]1(O)CCc2ccccc21. The Morgan fingerprint density at radius 3 is 2.81 bits per heavy atom. The summed E-state index contributed by atoms with van der Waals surface area (Å²) >= 11 is 0. The molecule has 0 heterocycles. The molecule has 5 nitrogen and oxygen atoms in total. The fourth-order valence-corrected chi connectivity index (χ4v) is 2.51. The highest BCUT2D eigenvalue weighted by Crippen LogP contribution is 2.36. The van der Waals surface area contributed by atoms with Crippen molar-refractivity contribution in [3.05, 3.63) is 35.4 Å². The van der Waals surface area contributed by atoms with Crippen LogP contribution in [0.3, 0.4) is 0 Å². The molecule has 0 fully saturated rings. The van der Waals surface area contributed by atoms with Gasteiger partial charge in [0.1, 0.15) is 5.60 Å². The van der Waals surface area contributed by atoms with Gasteiger partial charge in [-0.3, -0.25) is 0 Å². The molecule has 1 atom stereocenters. The van der Waals surface area contributed by atoms with Gasteiger partial charge in [-0.05, 0) is 37.8 Å². The molecular formula is C16H24N2O3. The van der Waals surface area contributed by atoms with Gasteiger partial charge in [0.05, 0.1) is 12.1 Å². The van der Waals surface area contributed by atoms with Gasteiger partial charge in [0.25, 0.3) is 0 Å². The number of hydrogen-bond acceptors (Lipinski definition) is 3. The molecule has 1 aromatic carbocycles. The number of urea groups is 1. The van der Waals surface area contributed by atoms with E-state index in [0.717, 1.165) is 17.5 Å². The Hall–Kier alpha value is -1.59. The smallest absolute Gasteiger partial charge is 0.315 e. The fraction of sp³-hybridized carbons (Fsp3) is 0.562. The standard InChI is InChI=1S/C16H24N2O3/c1-15(2,21-3)10-17-14(19)18-11-16(20)9-8-12-6-4-5-7-13(12)16/h4-7,20H,8-11H2,1-3H3,(H2,17,18,19)/t16-/m1/s1. The van der Waals surface area contributed by atoms with E-state index in [1.165, 1.54) is 0 Å². The molecule has 1 aromatic rings. The third-order valence-electron chi connectivity index (χ3n) is 4.10. The van der Waals surface area contributed by atoms with Gasteiger partial charge in [-0.25, -0.2) is 4.79 Å². The van der Waals surface area contributed by atoms with Crippen LogP contribution in [0, 0.1) is 0 Å². The molecule has 3 N–H and O–H groups in total. The third kappa shape index (κ3) is 3.74. The fourth-order valence-electron chi connectivity index (χ4n) is 2.51. The van der Waals surface area contributed by atoms with Crippen molar-refractivity contribution in [2.75, 3.05) is 20.2 Å². The lowest BCUT2D eigenvalue weighted by molar-refractivity contribution is 0.0242. The van der Waals surface area contributed by atoms with Crippen LogP contribution in [0.1, 0.15) is 31.4 Å². The van der Waals surface area contributed by atoms with E-state index in [0.29, 0.717) is 13.0 Å². The molecule has 2 amide bonds. The number of rotatable bonds is 5. The van der Waals surface area contributed by atoms with Gasteiger partial charge in [0.2, 0.25) is 0 Å². The Morgan fingerprint density at radius 1 is 1.38 bits per heavy atom. The number of fused-ring (bicyclic) bond motifs is 1. The van der Waals surface area contributed by atoms with Crippen LogP contribution in [0.25, 0.3) is 0 Å². The third-order valence-corrected chi connectivity index (χ3v) is 4.10. The second-order valence-corrected chi connectivity index (χ2v) is 6.19. The first-order valence-electron chi connectivity index (χ1n) is 7.24. The van der Waals surface area contributed by atoms with Gasteiger partial charge in [-0.2, -0.15) is 0 Å². The number of benzene rings is 1. The van der Waals surface area contributed by atoms with Crippen molar-refractivity contribution in [1.29, 1.82) is 0 Å². The monoisotopic (exact) mass is 292 g/mol. The van der Waals surface area contributed by atoms with Crippen molar-refractivity contribution in [3.63, 3.8) is 0 Å². The van der Waals surface area contributed by atoms with Gasteiger partial charge >= 0.3 is 6.03 Å². The van der Waals surface area contributed by atoms with E-state index in [4.69, 9.17) is 4.74 Å². The number of hydrogen-bond donors (Lipinski definition) is 3. The largest absolute Gasteiger partial charge is 0.383 e. The predicted molar refractivity (Wildman–Crippen MR) is 81.1 cm³/mol. The Labute approximate surface area is 125 Å². The van der Waals surface area contributed by atoms with Gasteiger partial charge in [0.15, 0.2) is 0 Å². The van der Waals surface area contributed by atoms with Gasteiger partial charge in [-0.1, -0.05) is 24.3 Å². The number of methoxy groups -OCH3 is 1. The van der Waals surface area contributed by atoms with Gasteiger partial charge < -0.3 is 20.5 Å². The van der Waals surface area contributed by atoms with Crippen LogP contribution >= 0.6 is 0 Å². The molecule has 5 heteroatoms. The van der Waals surface area contributed by atoms with Crippen LogP contribution in [0.2, 0.25) is 0 Å². The number of amides is 2. The molecule has 0 aliphatic heterocycles. The van der Waals surface area contributed by atoms with Crippen LogP contribution in [-0.4, -0.2) is 36.9 Å². The number of nitrogens with one attached hydrogen (secondary N) is 2. The minimum atomic E-state index is -0.968. The van der Waals surface area contributed by atoms with Crippen LogP contribution in [-0.2, 0) is 16.8 Å². The van der Waals surface area contributed by atoms with Gasteiger partial charge in [-0.15, -0.1) is 0 Å². The summed E-state index contributed by atoms with van der Waals surface area (Å²) in [7, 11) is 1.61. The first-order valence-corrected chi connectivity index (χ1v) is 7.24. The molecule has 0 saturated carbocycles. The lowest BCUT2D eigenvalue weighted by atomic mass is 9.96. The Balaban J connectivity index is 1.88. The predicted octanol–water partition coefficient (Wildman–Crippen LogP) is 1.54. The van der Waals surface area contributed by atoms with Crippen molar-refractivity contribution in [2.45, 2.75) is 37.9 Å². The van der Waals surface area contributed by atoms with E-state index in [9.17, 15) is 9.90 Å². The van der Waals surface area contributed by atoms with Crippen LogP contribution < -0.4 is 10.6 Å². The van der Waals surface area contributed by atoms with E-state index >= 15 is 0 Å². The molecule has 2 rings (SSSR count). The van der Waals surface area contributed by atoms with Crippen molar-refractivity contribution in [3.8, 4) is 0 Å². The van der Waals surface area contributed by atoms with E-state index in [2.05, 4.69) is 10.6 Å². The summed E-state index contributed by atoms with van der Waals surface area (Å²) in [6.07, 6.45) is 1.48. The second-order valence-electron chi connectivity index (χ2n) is 6.19. The first kappa shape index (κ1) is 15.8. The lowest BCUT2D eigenvalue weighted by Crippen LogP contribution is -2.47. The zero-order chi connectivity index (χ0) is 15.5. The lowest BCUT2D eigenvalue weighted by Gasteiger charge is -2.26. The molecule has 1 aliphatic carbocycles. The summed E-state index contributed by atoms with van der Waals surface area (Å²) in [6.45, 7) is 4.41. The second kappa shape index (κ2) is 6.03. The first-order chi connectivity index (χ1) is 9.86. The maximum Gasteiger partial charge on any atom is 0.315 e. The molecule has 0 aromatic heterocycles. The molecule has 0 saturated heterocycles. The molecule has 21 heavy (non-hydrogen) atoms. The molecule has 0 unspecified atom stereocenters. The summed E-state index contributed by atoms with van der Waals surface area (Å²) < 4.78 is 5.24. The van der Waals surface area contributed by atoms with E-state index < -0.39 is 11.2 Å². The van der Waals surface area contributed by atoms with Crippen LogP contribution in [0.15, 0.2) is 24.3 Å². The minimum Gasteiger partial charge on any atom is -0.383 e. The zero-order valence-electron chi connectivity index (χ0n) is 12.9. The van der Waals surface area contributed by atoms with Crippen molar-refractivity contribution >= 4 is 6.03 Å². The maximum atomic E-state index is 11.8. The van der Waals surface area contributed by atoms with E-state index in [1.54, 1.807) is 7.11 Å². The zero-order valence-corrected chi connectivity index (χ0v) is 12.9. The van der Waals surface area contributed by atoms with Crippen molar-refractivity contribution < 1.29 is 14.6 Å². The number of aryl methyl sites for hydroxylation is 1. The average molecular weight is 292 g/mol. The number of ether oxygens (including phenoxy) is 1. The Kier molecular flexibility index (Phi) is 4.54. The summed E-state index contributed by atoms with van der Waals surface area (Å²) in [6, 6.07) is 7.54. The molecule has 0 spiro atoms. The Bertz CT molecular complexity index is 516. The topological polar surface area (TPSA) is 70.6 Å². The summed E-state index contributed by atoms with van der Waals surface area (Å²) in [4.78, 5) is 11.8. The Morgan fingerprint density at radius 2 is 2.10 bits per heavy atom. The summed E-state index contributed by atoms with van der Waals surface area (Å²) in [5.41, 5.74) is 0.698. The molecular weight excluding hydrogens is 268 g/mol. The molecule has 116 valence electrons. The van der Waals surface area contributed by atoms with E-state index in [-0.39, 0.29) is 12.6 Å². The molecule has 0 bridgehead atoms. The highest BCUT2D eigenvalue weighted by atomic mass is 16.5. The summed E-state index contributed by atoms with van der Waals surface area (Å²) in [5.74, 6) is 0. The van der Waals surface area contributed by atoms with Crippen LogP contribution in [0.4, 0.5) is 4.79 Å². The molecule has 0 radical (unpaired) electrons. The average Bonchev–Trinajstić information content (AvgIpc) is 2.82. The maximum absolute atomic E-state index is 11.8. The number of carbonyl (C=O) groups is 1. The minimum absolute atomic E-state index is 0.212. The summed E-state index contributed by atoms with van der Waals surface area (Å²) in [5, 5.41) is 16.2. The van der Waals surface area contributed by atoms with E-state index in [1.807, 2.05) is 38.1 Å². The van der Waals surface area contributed by atoms with Crippen molar-refractivity contribution in [2.24, 2.45) is 0 Å².